The van der Waals surface area contributed by atoms with E-state index in [4.69, 9.17) is 64.2 Å². The summed E-state index contributed by atoms with van der Waals surface area (Å²) < 4.78 is 65.8. The Morgan fingerprint density at radius 2 is 0.597 bits per heavy atom. The fourth-order valence-electron chi connectivity index (χ4n) is 10.9. The fraction of sp³-hybridized carbons (Fsp3) is 0.398. The Bertz CT molecular complexity index is 4620. The number of urea groups is 1. The first-order chi connectivity index (χ1) is 55.4. The molecule has 2 amide bonds. The molecular formula is C93H124N2O23S. The molecule has 0 saturated heterocycles. The summed E-state index contributed by atoms with van der Waals surface area (Å²) in [5, 5.41) is 46.2. The first-order valence-corrected chi connectivity index (χ1v) is 39.7. The highest BCUT2D eigenvalue weighted by Crippen LogP contribution is 2.24. The smallest absolute Gasteiger partial charge is 0.338 e. The zero-order valence-corrected chi connectivity index (χ0v) is 74.8. The van der Waals surface area contributed by atoms with Crippen LogP contribution in [0.15, 0.2) is 102 Å². The average molecular weight is 1670 g/mol. The van der Waals surface area contributed by atoms with Crippen molar-refractivity contribution in [3.05, 3.63) is 270 Å². The summed E-state index contributed by atoms with van der Waals surface area (Å²) in [5.41, 5.74) is 33.8. The Labute approximate surface area is 702 Å². The minimum atomic E-state index is -4.07. The lowest BCUT2D eigenvalue weighted by atomic mass is 10.0. The number of amides is 2. The van der Waals surface area contributed by atoms with Gasteiger partial charge < -0.3 is 69.7 Å². The molecule has 8 aromatic carbocycles. The van der Waals surface area contributed by atoms with Crippen LogP contribution in [-0.4, -0.2) is 173 Å². The van der Waals surface area contributed by atoms with E-state index in [9.17, 15) is 46.8 Å². The zero-order valence-electron chi connectivity index (χ0n) is 74.0. The molecule has 26 heteroatoms. The number of aromatic carboxylic acids is 3. The highest BCUT2D eigenvalue weighted by molar-refractivity contribution is 7.85. The number of methoxy groups -OCH3 is 2. The predicted molar refractivity (Wildman–Crippen MR) is 462 cm³/mol. The van der Waals surface area contributed by atoms with E-state index in [0.29, 0.717) is 77.5 Å². The number of aliphatic hydroxyl groups excluding tert-OH is 2. The molecule has 1 unspecified atom stereocenters. The quantitative estimate of drug-likeness (QED) is 0.0128. The number of hydrogen-bond acceptors (Lipinski definition) is 19. The van der Waals surface area contributed by atoms with E-state index in [-0.39, 0.29) is 43.2 Å². The number of primary amides is 1. The van der Waals surface area contributed by atoms with Gasteiger partial charge in [-0.1, -0.05) is 6.07 Å². The minimum Gasteiger partial charge on any atom is -0.478 e. The van der Waals surface area contributed by atoms with E-state index >= 15 is 0 Å². The lowest BCUT2D eigenvalue weighted by Gasteiger charge is -2.11. The van der Waals surface area contributed by atoms with Gasteiger partial charge in [0.05, 0.1) is 97.1 Å². The van der Waals surface area contributed by atoms with E-state index in [1.165, 1.54) is 46.6 Å². The van der Waals surface area contributed by atoms with E-state index < -0.39 is 58.7 Å². The summed E-state index contributed by atoms with van der Waals surface area (Å²) in [4.78, 5) is 88.8. The van der Waals surface area contributed by atoms with Crippen molar-refractivity contribution in [3.8, 4) is 0 Å². The number of nitrogens with one attached hydrogen (secondary N) is 1. The minimum absolute atomic E-state index is 0.00407. The molecule has 25 nitrogen and oxygen atoms in total. The number of aryl methyl sites for hydroxylation is 15. The second-order valence-electron chi connectivity index (χ2n) is 28.9. The molecule has 0 heterocycles. The Balaban J connectivity index is 0.000000686. The van der Waals surface area contributed by atoms with Crippen molar-refractivity contribution >= 4 is 57.9 Å². The van der Waals surface area contributed by atoms with Gasteiger partial charge in [-0.2, -0.15) is 8.42 Å². The van der Waals surface area contributed by atoms with Crippen molar-refractivity contribution in [2.75, 3.05) is 80.2 Å². The van der Waals surface area contributed by atoms with Gasteiger partial charge in [0.1, 0.15) is 25.9 Å². The normalized spacial score (nSPS) is 10.6. The van der Waals surface area contributed by atoms with Gasteiger partial charge in [-0.15, -0.1) is 0 Å². The molecule has 9 N–H and O–H groups in total. The molecule has 0 aliphatic rings. The predicted octanol–water partition coefficient (Wildman–Crippen LogP) is 16.2. The highest BCUT2D eigenvalue weighted by Gasteiger charge is 2.18. The largest absolute Gasteiger partial charge is 0.478 e. The summed E-state index contributed by atoms with van der Waals surface area (Å²) in [6.45, 7) is 49.2. The standard InChI is InChI=1S/C17H26O5.C13H18N2O3.C13H18O4.C11H14O2.3C10H12O2.C9H12O3S/c1-13-11-16(12-14(2)15(13)3)17(18)22-10-9-21-8-7-20-6-5-19-4;1-8-6-11(7-9(2)10(8)3)12(16)18-5-4-15-13(14)17;1-8-4-11(5-9(2)10(8)3)13(16)17-7-12(15)6-14;1-7-5-10(11(12)13-4)6-8(2)9(7)3;3*1-6-4-9(10(11)12)5-7(2)8(6)3;1-6-4-5-9(13(10,11)12)8(3)7(6)2/h11-12H,5-10H2,1-4H3;6-7H,4-5H2,1-3H3,(H3,14,15,17);4-5,12,14-15H,6-7H2,1-3H3;5-6H,1-4H3;3*4-5H,1-3H3,(H,11,12);4-5H,1-3H3,(H,10,11,12). The summed E-state index contributed by atoms with van der Waals surface area (Å²) in [6.07, 6.45) is -1.02. The number of carboxylic acids is 3. The summed E-state index contributed by atoms with van der Waals surface area (Å²) in [7, 11) is -1.05. The molecular weight excluding hydrogens is 1550 g/mol. The maximum Gasteiger partial charge on any atom is 0.338 e. The van der Waals surface area contributed by atoms with Crippen molar-refractivity contribution in [2.45, 2.75) is 177 Å². The molecule has 650 valence electrons. The van der Waals surface area contributed by atoms with Crippen LogP contribution in [0.1, 0.15) is 206 Å². The van der Waals surface area contributed by atoms with E-state index in [1.807, 2.05) is 184 Å². The molecule has 0 fully saturated rings. The SMILES string of the molecule is COC(=O)c1cc(C)c(C)c(C)c1.COCCOCCOCCOC(=O)c1cc(C)c(C)c(C)c1.Cc1cc(C(=O)O)cc(C)c1C.Cc1cc(C(=O)O)cc(C)c1C.Cc1cc(C(=O)O)cc(C)c1C.Cc1cc(C(=O)OCC(O)CO)cc(C)c1C.Cc1cc(C(=O)OCCNC(N)=O)cc(C)c1C.Cc1ccc(S(=O)(=O)O)c(C)c1C. The Hall–Kier alpha value is -11.0. The van der Waals surface area contributed by atoms with Crippen LogP contribution in [0.25, 0.3) is 0 Å². The maximum absolute atomic E-state index is 12.0. The number of carbonyl (C=O) groups excluding carboxylic acids is 5. The lowest BCUT2D eigenvalue weighted by Crippen LogP contribution is -2.32. The van der Waals surface area contributed by atoms with Gasteiger partial charge in [-0.25, -0.2) is 38.4 Å². The number of carbonyl (C=O) groups is 8. The number of ether oxygens (including phenoxy) is 7. The van der Waals surface area contributed by atoms with E-state index in [1.54, 1.807) is 80.8 Å². The third kappa shape index (κ3) is 36.8. The number of aliphatic hydroxyl groups is 2. The molecule has 0 aliphatic heterocycles. The molecule has 119 heavy (non-hydrogen) atoms. The third-order valence-electron chi connectivity index (χ3n) is 20.2. The van der Waals surface area contributed by atoms with Gasteiger partial charge in [0.25, 0.3) is 10.1 Å². The number of nitrogens with two attached hydrogens (primary N) is 1. The van der Waals surface area contributed by atoms with Crippen LogP contribution < -0.4 is 11.1 Å². The molecule has 1 atom stereocenters. The first-order valence-electron chi connectivity index (χ1n) is 38.2. The number of rotatable bonds is 23. The van der Waals surface area contributed by atoms with Gasteiger partial charge >= 0.3 is 47.8 Å². The van der Waals surface area contributed by atoms with Crippen molar-refractivity contribution in [1.82, 2.24) is 5.32 Å². The monoisotopic (exact) mass is 1670 g/mol. The van der Waals surface area contributed by atoms with E-state index in [2.05, 4.69) is 10.1 Å². The second-order valence-corrected chi connectivity index (χ2v) is 30.3. The number of esters is 4. The van der Waals surface area contributed by atoms with Crippen molar-refractivity contribution in [2.24, 2.45) is 5.73 Å². The van der Waals surface area contributed by atoms with Crippen molar-refractivity contribution < 1.29 is 110 Å². The highest BCUT2D eigenvalue weighted by atomic mass is 32.2. The van der Waals surface area contributed by atoms with Crippen LogP contribution in [-0.2, 0) is 43.3 Å². The van der Waals surface area contributed by atoms with Gasteiger partial charge in [-0.05, 0) is 391 Å². The topological polar surface area (TPSA) is 395 Å². The second kappa shape index (κ2) is 52.1. The number of benzene rings is 8. The van der Waals surface area contributed by atoms with Crippen LogP contribution in [0.5, 0.6) is 0 Å². The van der Waals surface area contributed by atoms with Crippen LogP contribution in [0.3, 0.4) is 0 Å². The van der Waals surface area contributed by atoms with E-state index in [0.717, 1.165) is 94.6 Å². The van der Waals surface area contributed by atoms with Gasteiger partial charge in [0.15, 0.2) is 0 Å². The molecule has 0 radical (unpaired) electrons. The third-order valence-corrected chi connectivity index (χ3v) is 21.2. The molecule has 0 saturated carbocycles. The maximum atomic E-state index is 12.0. The number of carboxylic acid groups (broad SMARTS) is 3. The fourth-order valence-corrected chi connectivity index (χ4v) is 11.7. The van der Waals surface area contributed by atoms with Crippen LogP contribution in [0.4, 0.5) is 4.79 Å². The summed E-state index contributed by atoms with van der Waals surface area (Å²) in [5.74, 6) is -4.04. The average Bonchev–Trinajstić information content (AvgIpc) is 0.809. The molecule has 0 aromatic heterocycles. The van der Waals surface area contributed by atoms with Gasteiger partial charge in [0, 0.05) is 7.11 Å². The molecule has 0 aliphatic carbocycles. The first kappa shape index (κ1) is 106. The van der Waals surface area contributed by atoms with Crippen LogP contribution in [0.2, 0.25) is 0 Å². The Kier molecular flexibility index (Phi) is 46.4. The molecule has 0 spiro atoms. The molecule has 0 bridgehead atoms. The van der Waals surface area contributed by atoms with Crippen LogP contribution >= 0.6 is 0 Å². The molecule has 8 rings (SSSR count). The zero-order chi connectivity index (χ0) is 91.2. The Morgan fingerprint density at radius 1 is 0.345 bits per heavy atom. The van der Waals surface area contributed by atoms with Gasteiger partial charge in [-0.3, -0.25) is 4.55 Å². The summed E-state index contributed by atoms with van der Waals surface area (Å²) >= 11 is 0. The lowest BCUT2D eigenvalue weighted by molar-refractivity contribution is 0.00566. The van der Waals surface area contributed by atoms with Crippen molar-refractivity contribution in [3.63, 3.8) is 0 Å². The van der Waals surface area contributed by atoms with Gasteiger partial charge in [0.2, 0.25) is 0 Å². The summed E-state index contributed by atoms with van der Waals surface area (Å²) in [6, 6.07) is 27.2. The van der Waals surface area contributed by atoms with Crippen molar-refractivity contribution in [1.29, 1.82) is 0 Å². The number of hydrogen-bond donors (Lipinski definition) is 8. The van der Waals surface area contributed by atoms with Crippen LogP contribution in [0, 0.1) is 166 Å². The molecule has 8 aromatic rings. The Morgan fingerprint density at radius 3 is 0.849 bits per heavy atom.